The first-order valence-electron chi connectivity index (χ1n) is 24.8. The van der Waals surface area contributed by atoms with Gasteiger partial charge in [0, 0.05) is 33.4 Å². The smallest absolute Gasteiger partial charge is 0.0726 e. The van der Waals surface area contributed by atoms with Gasteiger partial charge in [0.1, 0.15) is 0 Å². The molecule has 0 atom stereocenters. The van der Waals surface area contributed by atoms with Crippen molar-refractivity contribution in [3.8, 4) is 61.3 Å². The Kier molecular flexibility index (Phi) is 9.28. The first-order chi connectivity index (χ1) is 35.1. The van der Waals surface area contributed by atoms with E-state index < -0.39 is 5.41 Å². The number of benzene rings is 11. The van der Waals surface area contributed by atoms with Crippen LogP contribution in [0.2, 0.25) is 0 Å². The zero-order valence-corrected chi connectivity index (χ0v) is 39.6. The molecule has 2 aliphatic rings. The topological polar surface area (TPSA) is 8.17 Å². The zero-order chi connectivity index (χ0) is 47.2. The lowest BCUT2D eigenvalue weighted by molar-refractivity contribution is 0.794. The first kappa shape index (κ1) is 41.0. The van der Waals surface area contributed by atoms with Crippen molar-refractivity contribution in [1.82, 2.24) is 4.57 Å². The van der Waals surface area contributed by atoms with Crippen LogP contribution >= 0.6 is 0 Å². The molecule has 0 radical (unpaired) electrons. The quantitative estimate of drug-likeness (QED) is 0.155. The van der Waals surface area contributed by atoms with Gasteiger partial charge in [0.25, 0.3) is 0 Å². The van der Waals surface area contributed by atoms with E-state index in [2.05, 4.69) is 278 Å². The minimum Gasteiger partial charge on any atom is -0.310 e. The van der Waals surface area contributed by atoms with Gasteiger partial charge in [0.05, 0.1) is 22.1 Å². The van der Waals surface area contributed by atoms with Crippen molar-refractivity contribution >= 4 is 38.9 Å². The third kappa shape index (κ3) is 6.14. The second-order valence-electron chi connectivity index (χ2n) is 19.3. The summed E-state index contributed by atoms with van der Waals surface area (Å²) in [5.41, 5.74) is 26.8. The Labute approximate surface area is 415 Å². The van der Waals surface area contributed by atoms with Crippen LogP contribution in [0, 0.1) is 13.8 Å². The average Bonchev–Trinajstić information content (AvgIpc) is 4.04. The van der Waals surface area contributed by atoms with Crippen LogP contribution < -0.4 is 4.90 Å². The maximum absolute atomic E-state index is 2.51. The molecule has 1 aromatic heterocycles. The summed E-state index contributed by atoms with van der Waals surface area (Å²) in [6.45, 7) is 4.58. The van der Waals surface area contributed by atoms with E-state index in [9.17, 15) is 0 Å². The van der Waals surface area contributed by atoms with E-state index in [-0.39, 0.29) is 0 Å². The molecule has 0 saturated heterocycles. The molecule has 12 aromatic rings. The van der Waals surface area contributed by atoms with Crippen LogP contribution in [0.5, 0.6) is 0 Å². The molecule has 1 heterocycles. The van der Waals surface area contributed by atoms with Crippen LogP contribution in [0.25, 0.3) is 83.1 Å². The van der Waals surface area contributed by atoms with E-state index in [4.69, 9.17) is 0 Å². The molecular formula is C69H48N2. The maximum Gasteiger partial charge on any atom is 0.0726 e. The fourth-order valence-corrected chi connectivity index (χ4v) is 12.5. The number of nitrogens with zero attached hydrogens (tertiary/aromatic N) is 2. The predicted octanol–water partition coefficient (Wildman–Crippen LogP) is 18.2. The van der Waals surface area contributed by atoms with Gasteiger partial charge in [-0.1, -0.05) is 194 Å². The Morgan fingerprint density at radius 2 is 0.803 bits per heavy atom. The molecule has 0 bridgehead atoms. The van der Waals surface area contributed by atoms with Gasteiger partial charge in [0.2, 0.25) is 0 Å². The van der Waals surface area contributed by atoms with E-state index in [0.717, 1.165) is 17.1 Å². The standard InChI is InChI=1S/C69H48N2/c1-45-42-54(43-46(2)67(45)51-36-41-65-59(44-51)57-24-12-16-30-64(57)71(65)53-39-34-50(35-40-53)48-20-7-4-8-21-48)70(52-37-32-49(33-38-52)47-18-5-3-6-19-47)66-31-17-29-63-68(66)58-25-11-15-28-62(58)69(63)60-26-13-9-22-55(60)56-23-10-14-27-61(56)69/h3-44H,1-2H3. The summed E-state index contributed by atoms with van der Waals surface area (Å²) in [5.74, 6) is 0. The molecule has 71 heavy (non-hydrogen) atoms. The number of para-hydroxylation sites is 1. The van der Waals surface area contributed by atoms with Crippen LogP contribution in [0.1, 0.15) is 33.4 Å². The van der Waals surface area contributed by atoms with E-state index in [1.165, 1.54) is 117 Å². The number of fused-ring (bicyclic) bond motifs is 13. The molecule has 11 aromatic carbocycles. The normalized spacial score (nSPS) is 12.8. The van der Waals surface area contributed by atoms with Gasteiger partial charge in [-0.05, 0) is 158 Å². The molecule has 14 rings (SSSR count). The van der Waals surface area contributed by atoms with Gasteiger partial charge in [-0.15, -0.1) is 0 Å². The third-order valence-corrected chi connectivity index (χ3v) is 15.4. The molecule has 0 amide bonds. The van der Waals surface area contributed by atoms with Crippen LogP contribution in [0.3, 0.4) is 0 Å². The SMILES string of the molecule is Cc1cc(N(c2ccc(-c3ccccc3)cc2)c2cccc3c2-c2ccccc2C32c3ccccc3-c3ccccc32)cc(C)c1-c1ccc2c(c1)c1ccccc1n2-c1ccc(-c2ccccc2)cc1. The van der Waals surface area contributed by atoms with Crippen molar-refractivity contribution < 1.29 is 0 Å². The van der Waals surface area contributed by atoms with E-state index in [1.807, 2.05) is 0 Å². The Hall–Kier alpha value is -8.98. The minimum absolute atomic E-state index is 0.443. The number of anilines is 3. The van der Waals surface area contributed by atoms with Crippen molar-refractivity contribution in [2.75, 3.05) is 4.90 Å². The van der Waals surface area contributed by atoms with Gasteiger partial charge in [0.15, 0.2) is 0 Å². The highest BCUT2D eigenvalue weighted by atomic mass is 15.1. The maximum atomic E-state index is 2.51. The molecule has 2 nitrogen and oxygen atoms in total. The van der Waals surface area contributed by atoms with Crippen molar-refractivity contribution in [3.63, 3.8) is 0 Å². The lowest BCUT2D eigenvalue weighted by atomic mass is 9.70. The highest BCUT2D eigenvalue weighted by molar-refractivity contribution is 6.11. The molecule has 2 aliphatic carbocycles. The van der Waals surface area contributed by atoms with Crippen molar-refractivity contribution in [1.29, 1.82) is 0 Å². The number of aromatic nitrogens is 1. The summed E-state index contributed by atoms with van der Waals surface area (Å²) in [6.07, 6.45) is 0. The van der Waals surface area contributed by atoms with Gasteiger partial charge >= 0.3 is 0 Å². The molecule has 0 fully saturated rings. The van der Waals surface area contributed by atoms with Gasteiger partial charge in [-0.2, -0.15) is 0 Å². The largest absolute Gasteiger partial charge is 0.310 e. The summed E-state index contributed by atoms with van der Waals surface area (Å²) in [4.78, 5) is 2.51. The predicted molar refractivity (Wildman–Crippen MR) is 298 cm³/mol. The fourth-order valence-electron chi connectivity index (χ4n) is 12.5. The summed E-state index contributed by atoms with van der Waals surface area (Å²) in [6, 6.07) is 94.4. The minimum atomic E-state index is -0.443. The second-order valence-corrected chi connectivity index (χ2v) is 19.3. The molecule has 0 N–H and O–H groups in total. The lowest BCUT2D eigenvalue weighted by Crippen LogP contribution is -2.26. The zero-order valence-electron chi connectivity index (χ0n) is 39.6. The Morgan fingerprint density at radius 3 is 1.44 bits per heavy atom. The lowest BCUT2D eigenvalue weighted by Gasteiger charge is -2.32. The molecular weight excluding hydrogens is 857 g/mol. The number of rotatable bonds is 7. The molecule has 1 spiro atoms. The fraction of sp³-hybridized carbons (Fsp3) is 0.0435. The molecule has 334 valence electrons. The molecule has 0 saturated carbocycles. The Balaban J connectivity index is 0.936. The number of aryl methyl sites for hydroxylation is 2. The highest BCUT2D eigenvalue weighted by Gasteiger charge is 2.52. The van der Waals surface area contributed by atoms with E-state index in [0.29, 0.717) is 0 Å². The first-order valence-corrected chi connectivity index (χ1v) is 24.8. The Morgan fingerprint density at radius 1 is 0.324 bits per heavy atom. The monoisotopic (exact) mass is 904 g/mol. The van der Waals surface area contributed by atoms with Gasteiger partial charge < -0.3 is 9.47 Å². The number of hydrogen-bond donors (Lipinski definition) is 0. The third-order valence-electron chi connectivity index (χ3n) is 15.4. The average molecular weight is 905 g/mol. The highest BCUT2D eigenvalue weighted by Crippen LogP contribution is 2.64. The summed E-state index contributed by atoms with van der Waals surface area (Å²) in [7, 11) is 0. The van der Waals surface area contributed by atoms with Crippen LogP contribution in [-0.4, -0.2) is 4.57 Å². The van der Waals surface area contributed by atoms with E-state index >= 15 is 0 Å². The summed E-state index contributed by atoms with van der Waals surface area (Å²) >= 11 is 0. The molecule has 2 heteroatoms. The summed E-state index contributed by atoms with van der Waals surface area (Å²) in [5, 5.41) is 2.49. The summed E-state index contributed by atoms with van der Waals surface area (Å²) < 4.78 is 2.41. The Bertz CT molecular complexity index is 3980. The molecule has 0 aliphatic heterocycles. The second kappa shape index (κ2) is 16.1. The van der Waals surface area contributed by atoms with Crippen LogP contribution in [0.4, 0.5) is 17.1 Å². The van der Waals surface area contributed by atoms with Gasteiger partial charge in [-0.25, -0.2) is 0 Å². The molecule has 0 unspecified atom stereocenters. The van der Waals surface area contributed by atoms with Crippen LogP contribution in [-0.2, 0) is 5.41 Å². The van der Waals surface area contributed by atoms with Crippen molar-refractivity contribution in [2.45, 2.75) is 19.3 Å². The van der Waals surface area contributed by atoms with Crippen molar-refractivity contribution in [3.05, 3.63) is 288 Å². The van der Waals surface area contributed by atoms with Gasteiger partial charge in [-0.3, -0.25) is 0 Å². The number of hydrogen-bond acceptors (Lipinski definition) is 1. The van der Waals surface area contributed by atoms with Crippen LogP contribution in [0.15, 0.2) is 255 Å². The van der Waals surface area contributed by atoms with Crippen molar-refractivity contribution in [2.24, 2.45) is 0 Å². The van der Waals surface area contributed by atoms with E-state index in [1.54, 1.807) is 0 Å².